The van der Waals surface area contributed by atoms with Crippen molar-refractivity contribution in [1.29, 1.82) is 0 Å². The molecule has 3 rings (SSSR count). The summed E-state index contributed by atoms with van der Waals surface area (Å²) in [5, 5.41) is 0. The quantitative estimate of drug-likeness (QED) is 0.547. The average molecular weight is 432 g/mol. The van der Waals surface area contributed by atoms with Gasteiger partial charge in [-0.25, -0.2) is 8.42 Å². The second kappa shape index (κ2) is 8.03. The van der Waals surface area contributed by atoms with Gasteiger partial charge in [0.25, 0.3) is 0 Å². The maximum Gasteiger partial charge on any atom is 0.243 e. The van der Waals surface area contributed by atoms with E-state index in [0.717, 1.165) is 15.8 Å². The fraction of sp³-hybridized carbons (Fsp3) is 0.100. The van der Waals surface area contributed by atoms with Gasteiger partial charge in [-0.15, -0.1) is 0 Å². The number of halogens is 1. The van der Waals surface area contributed by atoms with Gasteiger partial charge in [0.15, 0.2) is 0 Å². The highest BCUT2D eigenvalue weighted by Crippen LogP contribution is 2.24. The molecule has 0 N–H and O–H groups in total. The Labute approximate surface area is 162 Å². The minimum atomic E-state index is -3.55. The summed E-state index contributed by atoms with van der Waals surface area (Å²) in [6.45, 7) is 0.254. The first-order valence-corrected chi connectivity index (χ1v) is 10.2. The lowest BCUT2D eigenvalue weighted by Gasteiger charge is -2.18. The van der Waals surface area contributed by atoms with Crippen molar-refractivity contribution in [1.82, 2.24) is 4.31 Å². The Hall–Kier alpha value is -2.15. The van der Waals surface area contributed by atoms with Crippen molar-refractivity contribution in [2.75, 3.05) is 7.05 Å². The van der Waals surface area contributed by atoms with Crippen molar-refractivity contribution in [3.05, 3.63) is 88.9 Å². The van der Waals surface area contributed by atoms with E-state index in [0.29, 0.717) is 5.75 Å². The van der Waals surface area contributed by atoms with Gasteiger partial charge in [0.05, 0.1) is 4.90 Å². The summed E-state index contributed by atoms with van der Waals surface area (Å²) < 4.78 is 33.4. The van der Waals surface area contributed by atoms with E-state index in [1.807, 2.05) is 54.6 Å². The van der Waals surface area contributed by atoms with E-state index in [1.54, 1.807) is 31.3 Å². The molecule has 0 aliphatic carbocycles. The number of benzene rings is 3. The van der Waals surface area contributed by atoms with Crippen molar-refractivity contribution in [2.24, 2.45) is 0 Å². The van der Waals surface area contributed by atoms with E-state index in [2.05, 4.69) is 15.9 Å². The van der Waals surface area contributed by atoms with Crippen LogP contribution < -0.4 is 4.74 Å². The minimum absolute atomic E-state index is 0.254. The van der Waals surface area contributed by atoms with E-state index in [1.165, 1.54) is 4.31 Å². The minimum Gasteiger partial charge on any atom is -0.457 e. The second-order valence-corrected chi connectivity index (χ2v) is 8.74. The number of hydrogen-bond donors (Lipinski definition) is 0. The molecular weight excluding hydrogens is 414 g/mol. The van der Waals surface area contributed by atoms with Gasteiger partial charge in [0, 0.05) is 18.1 Å². The van der Waals surface area contributed by atoms with Crippen molar-refractivity contribution in [3.8, 4) is 11.5 Å². The fourth-order valence-corrected chi connectivity index (χ4v) is 3.88. The Morgan fingerprint density at radius 1 is 0.885 bits per heavy atom. The van der Waals surface area contributed by atoms with E-state index in [9.17, 15) is 8.42 Å². The number of para-hydroxylation sites is 1. The molecule has 134 valence electrons. The summed E-state index contributed by atoms with van der Waals surface area (Å²) in [5.74, 6) is 1.41. The summed E-state index contributed by atoms with van der Waals surface area (Å²) in [6, 6.07) is 23.5. The summed E-state index contributed by atoms with van der Waals surface area (Å²) in [4.78, 5) is 0.264. The van der Waals surface area contributed by atoms with Crippen molar-refractivity contribution < 1.29 is 13.2 Å². The standard InChI is InChI=1S/C20H18BrNO3S/c1-22(26(23,24)20-12-10-17(21)11-13-20)15-16-6-5-9-19(14-16)25-18-7-3-2-4-8-18/h2-14H,15H2,1H3. The van der Waals surface area contributed by atoms with Crippen LogP contribution in [0.3, 0.4) is 0 Å². The summed E-state index contributed by atoms with van der Waals surface area (Å²) in [7, 11) is -1.98. The molecule has 0 saturated carbocycles. The molecule has 0 bridgehead atoms. The van der Waals surface area contributed by atoms with Gasteiger partial charge < -0.3 is 4.74 Å². The molecule has 0 fully saturated rings. The number of hydrogen-bond acceptors (Lipinski definition) is 3. The first kappa shape index (κ1) is 18.6. The molecular formula is C20H18BrNO3S. The number of rotatable bonds is 6. The van der Waals surface area contributed by atoms with Gasteiger partial charge in [0.2, 0.25) is 10.0 Å². The Kier molecular flexibility index (Phi) is 5.76. The second-order valence-electron chi connectivity index (χ2n) is 5.78. The molecule has 0 heterocycles. The molecule has 4 nitrogen and oxygen atoms in total. The van der Waals surface area contributed by atoms with Gasteiger partial charge in [-0.3, -0.25) is 0 Å². The first-order valence-electron chi connectivity index (χ1n) is 7.99. The number of nitrogens with zero attached hydrogens (tertiary/aromatic N) is 1. The van der Waals surface area contributed by atoms with E-state index < -0.39 is 10.0 Å². The molecule has 0 spiro atoms. The Morgan fingerprint density at radius 2 is 1.54 bits per heavy atom. The SMILES string of the molecule is CN(Cc1cccc(Oc2ccccc2)c1)S(=O)(=O)c1ccc(Br)cc1. The molecule has 0 radical (unpaired) electrons. The number of ether oxygens (including phenoxy) is 1. The van der Waals surface area contributed by atoms with Gasteiger partial charge in [0.1, 0.15) is 11.5 Å². The third-order valence-corrected chi connectivity index (χ3v) is 6.15. The van der Waals surface area contributed by atoms with E-state index >= 15 is 0 Å². The van der Waals surface area contributed by atoms with Crippen LogP contribution in [-0.4, -0.2) is 19.8 Å². The monoisotopic (exact) mass is 431 g/mol. The molecule has 3 aromatic carbocycles. The van der Waals surface area contributed by atoms with Crippen LogP contribution in [0.1, 0.15) is 5.56 Å². The zero-order chi connectivity index (χ0) is 18.6. The lowest BCUT2D eigenvalue weighted by molar-refractivity contribution is 0.461. The molecule has 6 heteroatoms. The van der Waals surface area contributed by atoms with Crippen molar-refractivity contribution in [3.63, 3.8) is 0 Å². The van der Waals surface area contributed by atoms with Crippen LogP contribution in [-0.2, 0) is 16.6 Å². The zero-order valence-electron chi connectivity index (χ0n) is 14.2. The van der Waals surface area contributed by atoms with Crippen molar-refractivity contribution in [2.45, 2.75) is 11.4 Å². The van der Waals surface area contributed by atoms with Crippen LogP contribution in [0.2, 0.25) is 0 Å². The lowest BCUT2D eigenvalue weighted by Crippen LogP contribution is -2.26. The van der Waals surface area contributed by atoms with Crippen LogP contribution in [0.25, 0.3) is 0 Å². The van der Waals surface area contributed by atoms with Crippen LogP contribution in [0, 0.1) is 0 Å². The Bertz CT molecular complexity index is 973. The molecule has 3 aromatic rings. The Morgan fingerprint density at radius 3 is 2.23 bits per heavy atom. The first-order chi connectivity index (χ1) is 12.4. The molecule has 0 aliphatic rings. The lowest BCUT2D eigenvalue weighted by atomic mass is 10.2. The molecule has 0 unspecified atom stereocenters. The summed E-state index contributed by atoms with van der Waals surface area (Å²) >= 11 is 3.32. The highest BCUT2D eigenvalue weighted by atomic mass is 79.9. The average Bonchev–Trinajstić information content (AvgIpc) is 2.63. The maximum atomic E-state index is 12.7. The molecule has 0 aromatic heterocycles. The third kappa shape index (κ3) is 4.52. The van der Waals surface area contributed by atoms with Gasteiger partial charge in [-0.2, -0.15) is 4.31 Å². The van der Waals surface area contributed by atoms with Gasteiger partial charge in [-0.05, 0) is 54.1 Å². The van der Waals surface area contributed by atoms with Gasteiger partial charge >= 0.3 is 0 Å². The van der Waals surface area contributed by atoms with Crippen LogP contribution in [0.4, 0.5) is 0 Å². The Balaban J connectivity index is 1.76. The molecule has 0 saturated heterocycles. The normalized spacial score (nSPS) is 11.5. The molecule has 0 amide bonds. The molecule has 0 aliphatic heterocycles. The molecule has 26 heavy (non-hydrogen) atoms. The van der Waals surface area contributed by atoms with Gasteiger partial charge in [-0.1, -0.05) is 46.3 Å². The van der Waals surface area contributed by atoms with E-state index in [-0.39, 0.29) is 11.4 Å². The topological polar surface area (TPSA) is 46.6 Å². The predicted molar refractivity (Wildman–Crippen MR) is 106 cm³/mol. The summed E-state index contributed by atoms with van der Waals surface area (Å²) in [5.41, 5.74) is 0.849. The van der Waals surface area contributed by atoms with Crippen LogP contribution >= 0.6 is 15.9 Å². The number of sulfonamides is 1. The smallest absolute Gasteiger partial charge is 0.243 e. The highest BCUT2D eigenvalue weighted by Gasteiger charge is 2.20. The predicted octanol–water partition coefficient (Wildman–Crippen LogP) is 5.06. The third-order valence-electron chi connectivity index (χ3n) is 3.80. The highest BCUT2D eigenvalue weighted by molar-refractivity contribution is 9.10. The van der Waals surface area contributed by atoms with E-state index in [4.69, 9.17) is 4.74 Å². The molecule has 0 atom stereocenters. The zero-order valence-corrected chi connectivity index (χ0v) is 16.6. The van der Waals surface area contributed by atoms with Crippen molar-refractivity contribution >= 4 is 26.0 Å². The largest absolute Gasteiger partial charge is 0.457 e. The van der Waals surface area contributed by atoms with Crippen LogP contribution in [0.5, 0.6) is 11.5 Å². The summed E-state index contributed by atoms with van der Waals surface area (Å²) in [6.07, 6.45) is 0. The fourth-order valence-electron chi connectivity index (χ4n) is 2.46. The maximum absolute atomic E-state index is 12.7. The van der Waals surface area contributed by atoms with Crippen LogP contribution in [0.15, 0.2) is 88.2 Å².